The van der Waals surface area contributed by atoms with Crippen LogP contribution in [0.15, 0.2) is 42.5 Å². The van der Waals surface area contributed by atoms with Gasteiger partial charge in [0.15, 0.2) is 11.6 Å². The van der Waals surface area contributed by atoms with E-state index in [-0.39, 0.29) is 5.75 Å². The molecule has 144 valence electrons. The van der Waals surface area contributed by atoms with Gasteiger partial charge >= 0.3 is 0 Å². The second-order valence-corrected chi connectivity index (χ2v) is 7.70. The van der Waals surface area contributed by atoms with Crippen LogP contribution >= 0.6 is 0 Å². The molecule has 0 unspecified atom stereocenters. The Morgan fingerprint density at radius 2 is 1.70 bits per heavy atom. The summed E-state index contributed by atoms with van der Waals surface area (Å²) in [4.78, 5) is 2.48. The van der Waals surface area contributed by atoms with Crippen LogP contribution in [0.25, 0.3) is 0 Å². The minimum atomic E-state index is -0.538. The fraction of sp³-hybridized carbons (Fsp3) is 0.455. The average Bonchev–Trinajstić information content (AvgIpc) is 3.21. The highest BCUT2D eigenvalue weighted by Gasteiger charge is 2.41. The Morgan fingerprint density at radius 1 is 1.04 bits per heavy atom. The van der Waals surface area contributed by atoms with Crippen LogP contribution in [-0.4, -0.2) is 42.9 Å². The molecule has 0 radical (unpaired) electrons. The van der Waals surface area contributed by atoms with Gasteiger partial charge < -0.3 is 19.5 Å². The average molecular weight is 371 g/mol. The zero-order valence-corrected chi connectivity index (χ0v) is 15.6. The van der Waals surface area contributed by atoms with Crippen molar-refractivity contribution in [1.82, 2.24) is 4.90 Å². The van der Waals surface area contributed by atoms with E-state index in [9.17, 15) is 9.50 Å². The van der Waals surface area contributed by atoms with Gasteiger partial charge in [0.1, 0.15) is 11.5 Å². The number of aromatic hydroxyl groups is 1. The van der Waals surface area contributed by atoms with Crippen molar-refractivity contribution in [3.63, 3.8) is 0 Å². The van der Waals surface area contributed by atoms with Gasteiger partial charge in [-0.15, -0.1) is 0 Å². The van der Waals surface area contributed by atoms with Gasteiger partial charge in [0.2, 0.25) is 0 Å². The number of ether oxygens (including phenoxy) is 2. The van der Waals surface area contributed by atoms with Gasteiger partial charge in [-0.05, 0) is 73.1 Å². The van der Waals surface area contributed by atoms with Crippen LogP contribution in [0.3, 0.4) is 0 Å². The van der Waals surface area contributed by atoms with Gasteiger partial charge in [0, 0.05) is 19.6 Å². The van der Waals surface area contributed by atoms with Crippen molar-refractivity contribution >= 4 is 0 Å². The van der Waals surface area contributed by atoms with Crippen molar-refractivity contribution in [3.05, 3.63) is 53.8 Å². The highest BCUT2D eigenvalue weighted by molar-refractivity contribution is 5.31. The molecule has 1 saturated heterocycles. The number of benzene rings is 2. The van der Waals surface area contributed by atoms with Crippen LogP contribution in [0.1, 0.15) is 18.4 Å². The molecule has 0 aromatic heterocycles. The summed E-state index contributed by atoms with van der Waals surface area (Å²) in [6, 6.07) is 12.5. The van der Waals surface area contributed by atoms with E-state index in [1.807, 2.05) is 24.3 Å². The molecule has 0 amide bonds. The van der Waals surface area contributed by atoms with Crippen molar-refractivity contribution in [3.8, 4) is 17.2 Å². The van der Waals surface area contributed by atoms with Crippen LogP contribution in [0, 0.1) is 17.7 Å². The SMILES string of the molecule is COc1ccc(O[C@@H]2C[C@@H]3CN(CCc4ccc(O)c(F)c4)C[C@@H]3C2)cc1. The summed E-state index contributed by atoms with van der Waals surface area (Å²) < 4.78 is 24.8. The first-order valence-electron chi connectivity index (χ1n) is 9.61. The lowest BCUT2D eigenvalue weighted by atomic mass is 10.0. The number of hydrogen-bond donors (Lipinski definition) is 1. The zero-order valence-electron chi connectivity index (χ0n) is 15.6. The third-order valence-corrected chi connectivity index (χ3v) is 5.87. The van der Waals surface area contributed by atoms with E-state index in [1.54, 1.807) is 13.2 Å². The van der Waals surface area contributed by atoms with Crippen molar-refractivity contribution in [2.24, 2.45) is 11.8 Å². The number of likely N-dealkylation sites (tertiary alicyclic amines) is 1. The molecule has 27 heavy (non-hydrogen) atoms. The Hall–Kier alpha value is -2.27. The van der Waals surface area contributed by atoms with Crippen LogP contribution in [-0.2, 0) is 6.42 Å². The second-order valence-electron chi connectivity index (χ2n) is 7.70. The number of halogens is 1. The summed E-state index contributed by atoms with van der Waals surface area (Å²) in [5.41, 5.74) is 0.933. The van der Waals surface area contributed by atoms with Crippen LogP contribution in [0.5, 0.6) is 17.2 Å². The predicted octanol–water partition coefficient (Wildman–Crippen LogP) is 3.87. The van der Waals surface area contributed by atoms with E-state index in [2.05, 4.69) is 4.90 Å². The van der Waals surface area contributed by atoms with E-state index in [1.165, 1.54) is 12.1 Å². The maximum Gasteiger partial charge on any atom is 0.165 e. The maximum atomic E-state index is 13.4. The van der Waals surface area contributed by atoms with E-state index < -0.39 is 5.82 Å². The van der Waals surface area contributed by atoms with Crippen molar-refractivity contribution in [2.75, 3.05) is 26.7 Å². The monoisotopic (exact) mass is 371 g/mol. The molecule has 1 aliphatic heterocycles. The minimum absolute atomic E-state index is 0.280. The molecule has 3 atom stereocenters. The normalized spacial score (nSPS) is 24.7. The highest BCUT2D eigenvalue weighted by atomic mass is 19.1. The smallest absolute Gasteiger partial charge is 0.165 e. The number of methoxy groups -OCH3 is 1. The third-order valence-electron chi connectivity index (χ3n) is 5.87. The number of phenolic OH excluding ortho intramolecular Hbond substituents is 1. The first-order valence-corrected chi connectivity index (χ1v) is 9.61. The molecule has 1 heterocycles. The Morgan fingerprint density at radius 3 is 2.33 bits per heavy atom. The van der Waals surface area contributed by atoms with Crippen molar-refractivity contribution in [1.29, 1.82) is 0 Å². The first-order chi connectivity index (χ1) is 13.1. The van der Waals surface area contributed by atoms with Gasteiger partial charge in [-0.3, -0.25) is 0 Å². The second kappa shape index (κ2) is 7.77. The third kappa shape index (κ3) is 4.19. The highest BCUT2D eigenvalue weighted by Crippen LogP contribution is 2.40. The molecular weight excluding hydrogens is 345 g/mol. The fourth-order valence-electron chi connectivity index (χ4n) is 4.46. The molecule has 2 aromatic carbocycles. The molecule has 1 saturated carbocycles. The topological polar surface area (TPSA) is 41.9 Å². The Kier molecular flexibility index (Phi) is 5.21. The molecule has 1 N–H and O–H groups in total. The summed E-state index contributed by atoms with van der Waals surface area (Å²) >= 11 is 0. The van der Waals surface area contributed by atoms with Crippen LogP contribution in [0.4, 0.5) is 4.39 Å². The summed E-state index contributed by atoms with van der Waals surface area (Å²) in [6.45, 7) is 3.11. The van der Waals surface area contributed by atoms with E-state index >= 15 is 0 Å². The predicted molar refractivity (Wildman–Crippen MR) is 102 cm³/mol. The summed E-state index contributed by atoms with van der Waals surface area (Å²) in [6.07, 6.45) is 3.30. The Labute approximate surface area is 159 Å². The maximum absolute atomic E-state index is 13.4. The van der Waals surface area contributed by atoms with E-state index in [0.717, 1.165) is 56.0 Å². The molecule has 5 heteroatoms. The molecule has 4 nitrogen and oxygen atoms in total. The first kappa shape index (κ1) is 18.1. The largest absolute Gasteiger partial charge is 0.505 e. The van der Waals surface area contributed by atoms with Gasteiger partial charge in [0.05, 0.1) is 13.2 Å². The number of phenols is 1. The van der Waals surface area contributed by atoms with Gasteiger partial charge in [-0.25, -0.2) is 4.39 Å². The molecule has 1 aliphatic carbocycles. The van der Waals surface area contributed by atoms with Gasteiger partial charge in [0.25, 0.3) is 0 Å². The Balaban J connectivity index is 1.24. The lowest BCUT2D eigenvalue weighted by Crippen LogP contribution is -2.26. The molecule has 2 aromatic rings. The number of rotatable bonds is 6. The fourth-order valence-corrected chi connectivity index (χ4v) is 4.46. The lowest BCUT2D eigenvalue weighted by molar-refractivity contribution is 0.186. The van der Waals surface area contributed by atoms with Gasteiger partial charge in [-0.1, -0.05) is 6.07 Å². The standard InChI is InChI=1S/C22H26FNO3/c1-26-18-3-5-19(6-4-18)27-20-11-16-13-24(14-17(16)12-20)9-8-15-2-7-22(25)21(23)10-15/h2-7,10,16-17,20,25H,8-9,11-14H2,1H3/t16-,17+,20-. The van der Waals surface area contributed by atoms with Crippen molar-refractivity contribution in [2.45, 2.75) is 25.4 Å². The molecule has 0 bridgehead atoms. The number of fused-ring (bicyclic) bond motifs is 1. The Bertz CT molecular complexity index is 766. The number of nitrogens with zero attached hydrogens (tertiary/aromatic N) is 1. The summed E-state index contributed by atoms with van der Waals surface area (Å²) in [7, 11) is 1.66. The van der Waals surface area contributed by atoms with Gasteiger partial charge in [-0.2, -0.15) is 0 Å². The quantitative estimate of drug-likeness (QED) is 0.837. The van der Waals surface area contributed by atoms with E-state index in [0.29, 0.717) is 17.9 Å². The van der Waals surface area contributed by atoms with Crippen LogP contribution in [0.2, 0.25) is 0 Å². The molecule has 2 aliphatic rings. The van der Waals surface area contributed by atoms with Crippen LogP contribution < -0.4 is 9.47 Å². The molecular formula is C22H26FNO3. The molecule has 4 rings (SSSR count). The number of hydrogen-bond acceptors (Lipinski definition) is 4. The zero-order chi connectivity index (χ0) is 18.8. The molecule has 0 spiro atoms. The van der Waals surface area contributed by atoms with Crippen molar-refractivity contribution < 1.29 is 19.0 Å². The van der Waals surface area contributed by atoms with E-state index in [4.69, 9.17) is 9.47 Å². The summed E-state index contributed by atoms with van der Waals surface area (Å²) in [5.74, 6) is 2.30. The minimum Gasteiger partial charge on any atom is -0.505 e. The summed E-state index contributed by atoms with van der Waals surface area (Å²) in [5, 5.41) is 9.29. The molecule has 2 fully saturated rings. The lowest BCUT2D eigenvalue weighted by Gasteiger charge is -2.20.